The summed E-state index contributed by atoms with van der Waals surface area (Å²) in [4.78, 5) is 10.9. The third-order valence-corrected chi connectivity index (χ3v) is 2.26. The minimum absolute atomic E-state index is 0.0869. The fourth-order valence-electron chi connectivity index (χ4n) is 1.45. The molecule has 2 nitrogen and oxygen atoms in total. The molecule has 5 heteroatoms. The number of carbonyl (C=O) groups excluding carboxylic acids is 1. The second-order valence-electron chi connectivity index (χ2n) is 3.82. The number of hydrogen-bond donors (Lipinski definition) is 1. The smallest absolute Gasteiger partial charge is 0.366 e. The van der Waals surface area contributed by atoms with Crippen molar-refractivity contribution >= 4 is 5.91 Å². The molecule has 88 valence electrons. The Bertz CT molecular complexity index is 410. The molecule has 1 amide bonds. The van der Waals surface area contributed by atoms with Crippen molar-refractivity contribution in [3.63, 3.8) is 0 Å². The van der Waals surface area contributed by atoms with Gasteiger partial charge in [-0.15, -0.1) is 0 Å². The summed E-state index contributed by atoms with van der Waals surface area (Å²) < 4.78 is 37.9. The molecule has 0 unspecified atom stereocenters. The summed E-state index contributed by atoms with van der Waals surface area (Å²) in [5.41, 5.74) is 4.49. The Labute approximate surface area is 91.3 Å². The Morgan fingerprint density at radius 3 is 2.25 bits per heavy atom. The molecule has 0 radical (unpaired) electrons. The Morgan fingerprint density at radius 1 is 1.31 bits per heavy atom. The van der Waals surface area contributed by atoms with Gasteiger partial charge < -0.3 is 5.73 Å². The zero-order valence-corrected chi connectivity index (χ0v) is 8.93. The number of benzene rings is 1. The number of hydrogen-bond acceptors (Lipinski definition) is 1. The van der Waals surface area contributed by atoms with Crippen molar-refractivity contribution in [2.45, 2.75) is 25.9 Å². The first-order valence-corrected chi connectivity index (χ1v) is 4.74. The number of rotatable bonds is 2. The molecule has 0 aliphatic carbocycles. The summed E-state index contributed by atoms with van der Waals surface area (Å²) in [5.74, 6) is -1.05. The predicted molar refractivity (Wildman–Crippen MR) is 54.1 cm³/mol. The summed E-state index contributed by atoms with van der Waals surface area (Å²) in [7, 11) is 0. The lowest BCUT2D eigenvalue weighted by Gasteiger charge is -2.16. The van der Waals surface area contributed by atoms with Gasteiger partial charge in [-0.3, -0.25) is 4.79 Å². The van der Waals surface area contributed by atoms with Gasteiger partial charge in [-0.05, 0) is 29.7 Å². The number of nitrogens with two attached hydrogens (primary N) is 1. The molecular weight excluding hydrogens is 219 g/mol. The molecular formula is C11H12F3NO. The van der Waals surface area contributed by atoms with Crippen LogP contribution in [0.2, 0.25) is 0 Å². The third-order valence-electron chi connectivity index (χ3n) is 2.26. The molecule has 16 heavy (non-hydrogen) atoms. The Balaban J connectivity index is 3.37. The number of primary amides is 1. The Kier molecular flexibility index (Phi) is 3.26. The van der Waals surface area contributed by atoms with Crippen LogP contribution in [0.25, 0.3) is 0 Å². The van der Waals surface area contributed by atoms with Crippen LogP contribution in [-0.2, 0) is 6.18 Å². The molecule has 1 rings (SSSR count). The molecule has 0 atom stereocenters. The van der Waals surface area contributed by atoms with E-state index in [1.165, 1.54) is 6.07 Å². The molecule has 1 aromatic rings. The summed E-state index contributed by atoms with van der Waals surface area (Å²) >= 11 is 0. The average molecular weight is 231 g/mol. The van der Waals surface area contributed by atoms with E-state index in [9.17, 15) is 18.0 Å². The number of carbonyl (C=O) groups is 1. The van der Waals surface area contributed by atoms with Crippen LogP contribution in [0.5, 0.6) is 0 Å². The first-order chi connectivity index (χ1) is 7.23. The van der Waals surface area contributed by atoms with Gasteiger partial charge in [0, 0.05) is 5.56 Å². The monoisotopic (exact) mass is 231 g/mol. The summed E-state index contributed by atoms with van der Waals surface area (Å²) in [5, 5.41) is 0. The van der Waals surface area contributed by atoms with Crippen molar-refractivity contribution in [3.8, 4) is 0 Å². The van der Waals surface area contributed by atoms with Crippen LogP contribution in [0, 0.1) is 0 Å². The molecule has 0 heterocycles. The fourth-order valence-corrected chi connectivity index (χ4v) is 1.45. The molecule has 2 N–H and O–H groups in total. The van der Waals surface area contributed by atoms with Gasteiger partial charge >= 0.3 is 6.18 Å². The van der Waals surface area contributed by atoms with Gasteiger partial charge in [-0.1, -0.05) is 13.8 Å². The molecule has 0 aliphatic heterocycles. The van der Waals surface area contributed by atoms with Gasteiger partial charge in [0.15, 0.2) is 0 Å². The second kappa shape index (κ2) is 4.15. The number of alkyl halides is 3. The predicted octanol–water partition coefficient (Wildman–Crippen LogP) is 2.93. The molecule has 0 saturated carbocycles. The maximum Gasteiger partial charge on any atom is 0.416 e. The van der Waals surface area contributed by atoms with Crippen LogP contribution < -0.4 is 5.73 Å². The highest BCUT2D eigenvalue weighted by molar-refractivity contribution is 5.93. The minimum Gasteiger partial charge on any atom is -0.366 e. The molecule has 1 aromatic carbocycles. The zero-order chi connectivity index (χ0) is 12.5. The fraction of sp³-hybridized carbons (Fsp3) is 0.364. The average Bonchev–Trinajstić information content (AvgIpc) is 2.15. The lowest BCUT2D eigenvalue weighted by molar-refractivity contribution is -0.138. The quantitative estimate of drug-likeness (QED) is 0.835. The lowest BCUT2D eigenvalue weighted by Crippen LogP contribution is -2.15. The van der Waals surface area contributed by atoms with E-state index in [1.807, 2.05) is 0 Å². The van der Waals surface area contributed by atoms with E-state index in [2.05, 4.69) is 0 Å². The second-order valence-corrected chi connectivity index (χ2v) is 3.82. The van der Waals surface area contributed by atoms with Gasteiger partial charge in [0.2, 0.25) is 5.91 Å². The number of amides is 1. The minimum atomic E-state index is -4.41. The van der Waals surface area contributed by atoms with E-state index in [0.717, 1.165) is 12.1 Å². The van der Waals surface area contributed by atoms with E-state index < -0.39 is 17.6 Å². The van der Waals surface area contributed by atoms with Crippen LogP contribution in [-0.4, -0.2) is 5.91 Å². The molecule has 0 fully saturated rings. The highest BCUT2D eigenvalue weighted by Crippen LogP contribution is 2.35. The highest BCUT2D eigenvalue weighted by Gasteiger charge is 2.34. The van der Waals surface area contributed by atoms with Crippen LogP contribution in [0.15, 0.2) is 18.2 Å². The van der Waals surface area contributed by atoms with E-state index in [-0.39, 0.29) is 17.0 Å². The van der Waals surface area contributed by atoms with Crippen molar-refractivity contribution in [2.24, 2.45) is 5.73 Å². The van der Waals surface area contributed by atoms with Gasteiger partial charge in [0.05, 0.1) is 5.56 Å². The van der Waals surface area contributed by atoms with Gasteiger partial charge in [-0.25, -0.2) is 0 Å². The lowest BCUT2D eigenvalue weighted by atomic mass is 9.94. The molecule has 0 bridgehead atoms. The van der Waals surface area contributed by atoms with Gasteiger partial charge in [0.1, 0.15) is 0 Å². The van der Waals surface area contributed by atoms with Crippen LogP contribution in [0.1, 0.15) is 41.3 Å². The molecule has 0 aromatic heterocycles. The summed E-state index contributed by atoms with van der Waals surface area (Å²) in [6.07, 6.45) is -4.41. The van der Waals surface area contributed by atoms with Crippen molar-refractivity contribution < 1.29 is 18.0 Å². The van der Waals surface area contributed by atoms with Crippen molar-refractivity contribution in [1.82, 2.24) is 0 Å². The first kappa shape index (κ1) is 12.5. The van der Waals surface area contributed by atoms with Crippen LogP contribution in [0.4, 0.5) is 13.2 Å². The SMILES string of the molecule is CC(C)c1cc(C(N)=O)ccc1C(F)(F)F. The summed E-state index contributed by atoms with van der Waals surface area (Å²) in [6, 6.07) is 3.20. The normalized spacial score (nSPS) is 11.9. The van der Waals surface area contributed by atoms with Crippen molar-refractivity contribution in [3.05, 3.63) is 34.9 Å². The Morgan fingerprint density at radius 2 is 1.88 bits per heavy atom. The maximum atomic E-state index is 12.6. The standard InChI is InChI=1S/C11H12F3NO/c1-6(2)8-5-7(10(15)16)3-4-9(8)11(12,13)14/h3-6H,1-2H3,(H2,15,16). The first-order valence-electron chi connectivity index (χ1n) is 4.74. The maximum absolute atomic E-state index is 12.6. The van der Waals surface area contributed by atoms with Crippen LogP contribution >= 0.6 is 0 Å². The van der Waals surface area contributed by atoms with E-state index in [4.69, 9.17) is 5.73 Å². The third kappa shape index (κ3) is 2.53. The topological polar surface area (TPSA) is 43.1 Å². The zero-order valence-electron chi connectivity index (χ0n) is 8.93. The Hall–Kier alpha value is -1.52. The van der Waals surface area contributed by atoms with Gasteiger partial charge in [0.25, 0.3) is 0 Å². The van der Waals surface area contributed by atoms with Crippen molar-refractivity contribution in [1.29, 1.82) is 0 Å². The van der Waals surface area contributed by atoms with E-state index >= 15 is 0 Å². The molecule has 0 saturated heterocycles. The van der Waals surface area contributed by atoms with Gasteiger partial charge in [-0.2, -0.15) is 13.2 Å². The molecule has 0 aliphatic rings. The van der Waals surface area contributed by atoms with Crippen LogP contribution in [0.3, 0.4) is 0 Å². The van der Waals surface area contributed by atoms with E-state index in [0.29, 0.717) is 0 Å². The number of halogens is 3. The van der Waals surface area contributed by atoms with E-state index in [1.54, 1.807) is 13.8 Å². The summed E-state index contributed by atoms with van der Waals surface area (Å²) in [6.45, 7) is 3.27. The largest absolute Gasteiger partial charge is 0.416 e. The van der Waals surface area contributed by atoms with Crippen molar-refractivity contribution in [2.75, 3.05) is 0 Å². The highest BCUT2D eigenvalue weighted by atomic mass is 19.4. The molecule has 0 spiro atoms.